The van der Waals surface area contributed by atoms with E-state index >= 15 is 0 Å². The van der Waals surface area contributed by atoms with E-state index in [1.165, 1.54) is 0 Å². The molecule has 3 aliphatic rings. The molecule has 9 heteroatoms. The molecular formula is C19H35IN4O4. The molecular weight excluding hydrogens is 475 g/mol. The minimum atomic E-state index is -0.380. The van der Waals surface area contributed by atoms with E-state index in [-0.39, 0.29) is 48.0 Å². The van der Waals surface area contributed by atoms with Crippen LogP contribution in [0, 0.1) is 5.92 Å². The van der Waals surface area contributed by atoms with E-state index in [1.807, 2.05) is 6.92 Å². The summed E-state index contributed by atoms with van der Waals surface area (Å²) in [6.07, 6.45) is 5.67. The highest BCUT2D eigenvalue weighted by Crippen LogP contribution is 2.39. The van der Waals surface area contributed by atoms with Crippen LogP contribution >= 0.6 is 24.0 Å². The molecule has 8 nitrogen and oxygen atoms in total. The summed E-state index contributed by atoms with van der Waals surface area (Å²) < 4.78 is 17.2. The van der Waals surface area contributed by atoms with Crippen molar-refractivity contribution in [3.8, 4) is 0 Å². The monoisotopic (exact) mass is 510 g/mol. The van der Waals surface area contributed by atoms with Crippen LogP contribution in [0.15, 0.2) is 4.99 Å². The van der Waals surface area contributed by atoms with Gasteiger partial charge in [0.05, 0.1) is 19.8 Å². The maximum atomic E-state index is 11.7. The first-order chi connectivity index (χ1) is 13.0. The van der Waals surface area contributed by atoms with E-state index in [0.717, 1.165) is 44.4 Å². The van der Waals surface area contributed by atoms with Gasteiger partial charge in [-0.05, 0) is 38.5 Å². The minimum Gasteiger partial charge on any atom is -0.450 e. The predicted octanol–water partition coefficient (Wildman–Crippen LogP) is 2.45. The first-order valence-corrected chi connectivity index (χ1v) is 10.3. The molecule has 0 bridgehead atoms. The van der Waals surface area contributed by atoms with Crippen molar-refractivity contribution in [2.45, 2.75) is 70.3 Å². The lowest BCUT2D eigenvalue weighted by Crippen LogP contribution is -2.48. The number of ether oxygens (including phenoxy) is 3. The summed E-state index contributed by atoms with van der Waals surface area (Å²) in [5.41, 5.74) is 6.05. The zero-order valence-electron chi connectivity index (χ0n) is 17.0. The van der Waals surface area contributed by atoms with Crippen LogP contribution in [-0.2, 0) is 14.2 Å². The maximum absolute atomic E-state index is 11.7. The van der Waals surface area contributed by atoms with Crippen LogP contribution in [0.3, 0.4) is 0 Å². The molecule has 1 aliphatic carbocycles. The summed E-state index contributed by atoms with van der Waals surface area (Å²) in [6.45, 7) is 6.95. The predicted molar refractivity (Wildman–Crippen MR) is 118 cm³/mol. The van der Waals surface area contributed by atoms with Gasteiger partial charge in [-0.25, -0.2) is 4.79 Å². The number of guanidine groups is 1. The Kier molecular flexibility index (Phi) is 9.07. The van der Waals surface area contributed by atoms with E-state index in [0.29, 0.717) is 38.8 Å². The summed E-state index contributed by atoms with van der Waals surface area (Å²) in [5, 5.41) is 3.26. The fourth-order valence-electron chi connectivity index (χ4n) is 4.05. The number of carbonyl (C=O) groups excluding carboxylic acids is 1. The second kappa shape index (κ2) is 10.8. The summed E-state index contributed by atoms with van der Waals surface area (Å²) in [5.74, 6) is 0.816. The lowest BCUT2D eigenvalue weighted by molar-refractivity contribution is -0.190. The number of halogens is 1. The van der Waals surface area contributed by atoms with Crippen molar-refractivity contribution in [2.75, 3.05) is 32.8 Å². The number of hydrogen-bond acceptors (Lipinski definition) is 5. The van der Waals surface area contributed by atoms with Crippen LogP contribution in [0.25, 0.3) is 0 Å². The zero-order chi connectivity index (χ0) is 19.3. The number of rotatable bonds is 4. The topological polar surface area (TPSA) is 98.4 Å². The molecule has 3 N–H and O–H groups in total. The summed E-state index contributed by atoms with van der Waals surface area (Å²) >= 11 is 0. The van der Waals surface area contributed by atoms with Crippen LogP contribution in [0.2, 0.25) is 0 Å². The Hall–Kier alpha value is -0.810. The van der Waals surface area contributed by atoms with E-state index in [4.69, 9.17) is 19.9 Å². The van der Waals surface area contributed by atoms with Gasteiger partial charge in [0.2, 0.25) is 0 Å². The van der Waals surface area contributed by atoms with Crippen LogP contribution in [0.1, 0.15) is 52.4 Å². The number of nitrogens with zero attached hydrogens (tertiary/aromatic N) is 2. The maximum Gasteiger partial charge on any atom is 0.409 e. The molecule has 1 spiro atoms. The first-order valence-electron chi connectivity index (χ1n) is 10.3. The number of carbonyl (C=O) groups is 1. The second-order valence-corrected chi connectivity index (χ2v) is 7.97. The lowest BCUT2D eigenvalue weighted by Gasteiger charge is -2.34. The highest BCUT2D eigenvalue weighted by Gasteiger charge is 2.43. The number of amides is 1. The van der Waals surface area contributed by atoms with Crippen LogP contribution in [0.5, 0.6) is 0 Å². The van der Waals surface area contributed by atoms with Gasteiger partial charge in [-0.1, -0.05) is 6.92 Å². The Bertz CT molecular complexity index is 532. The number of nitrogens with one attached hydrogen (secondary N) is 1. The quantitative estimate of drug-likeness (QED) is 0.343. The number of hydrogen-bond donors (Lipinski definition) is 2. The van der Waals surface area contributed by atoms with Gasteiger partial charge in [0, 0.05) is 32.0 Å². The Labute approximate surface area is 184 Å². The third kappa shape index (κ3) is 6.35. The van der Waals surface area contributed by atoms with Gasteiger partial charge in [-0.2, -0.15) is 0 Å². The number of piperidine rings is 1. The van der Waals surface area contributed by atoms with Gasteiger partial charge in [-0.15, -0.1) is 24.0 Å². The molecule has 0 aromatic carbocycles. The molecule has 3 rings (SSSR count). The van der Waals surface area contributed by atoms with Crippen molar-refractivity contribution in [1.82, 2.24) is 10.2 Å². The molecule has 0 aromatic heterocycles. The van der Waals surface area contributed by atoms with Crippen molar-refractivity contribution < 1.29 is 19.0 Å². The van der Waals surface area contributed by atoms with Gasteiger partial charge in [0.1, 0.15) is 6.10 Å². The Morgan fingerprint density at radius 1 is 1.29 bits per heavy atom. The molecule has 0 aromatic rings. The summed E-state index contributed by atoms with van der Waals surface area (Å²) in [4.78, 5) is 17.9. The smallest absolute Gasteiger partial charge is 0.409 e. The fraction of sp³-hybridized carbons (Fsp3) is 0.895. The molecule has 3 fully saturated rings. The molecule has 2 aliphatic heterocycles. The van der Waals surface area contributed by atoms with Gasteiger partial charge in [0.15, 0.2) is 11.7 Å². The Balaban J connectivity index is 0.00000280. The zero-order valence-corrected chi connectivity index (χ0v) is 19.4. The largest absolute Gasteiger partial charge is 0.450 e. The standard InChI is InChI=1S/C19H34N4O4.HI/c1-3-25-18(24)23-10-6-15(7-11-23)22-17(20)21-12-16-13-26-19(27-16)8-4-14(2)5-9-19;/h14-16H,3-13H2,1-2H3,(H3,20,21,22);1H. The average molecular weight is 510 g/mol. The van der Waals surface area contributed by atoms with Crippen LogP contribution < -0.4 is 11.1 Å². The molecule has 28 heavy (non-hydrogen) atoms. The van der Waals surface area contributed by atoms with E-state index in [2.05, 4.69) is 17.2 Å². The Morgan fingerprint density at radius 3 is 2.61 bits per heavy atom. The van der Waals surface area contributed by atoms with Gasteiger partial charge in [-0.3, -0.25) is 4.99 Å². The third-order valence-electron chi connectivity index (χ3n) is 5.79. The molecule has 162 valence electrons. The lowest BCUT2D eigenvalue weighted by atomic mass is 9.86. The van der Waals surface area contributed by atoms with Crippen LogP contribution in [0.4, 0.5) is 4.79 Å². The third-order valence-corrected chi connectivity index (χ3v) is 5.79. The molecule has 2 heterocycles. The molecule has 1 unspecified atom stereocenters. The number of aliphatic imine (C=N–C) groups is 1. The van der Waals surface area contributed by atoms with Gasteiger partial charge < -0.3 is 30.2 Å². The van der Waals surface area contributed by atoms with E-state index in [9.17, 15) is 4.79 Å². The van der Waals surface area contributed by atoms with Crippen LogP contribution in [-0.4, -0.2) is 67.7 Å². The highest BCUT2D eigenvalue weighted by atomic mass is 127. The van der Waals surface area contributed by atoms with Crippen molar-refractivity contribution in [3.05, 3.63) is 0 Å². The van der Waals surface area contributed by atoms with E-state index < -0.39 is 0 Å². The van der Waals surface area contributed by atoms with Gasteiger partial charge in [0.25, 0.3) is 0 Å². The normalized spacial score (nSPS) is 31.5. The molecule has 1 amide bonds. The summed E-state index contributed by atoms with van der Waals surface area (Å²) in [7, 11) is 0. The molecule has 1 atom stereocenters. The summed E-state index contributed by atoms with van der Waals surface area (Å²) in [6, 6.07) is 0.228. The minimum absolute atomic E-state index is 0. The number of likely N-dealkylation sites (tertiary alicyclic amines) is 1. The molecule has 2 saturated heterocycles. The average Bonchev–Trinajstić information content (AvgIpc) is 3.06. The molecule has 1 saturated carbocycles. The van der Waals surface area contributed by atoms with Crippen molar-refractivity contribution >= 4 is 36.0 Å². The van der Waals surface area contributed by atoms with E-state index in [1.54, 1.807) is 4.90 Å². The fourth-order valence-corrected chi connectivity index (χ4v) is 4.05. The van der Waals surface area contributed by atoms with Gasteiger partial charge >= 0.3 is 6.09 Å². The molecule has 0 radical (unpaired) electrons. The Morgan fingerprint density at radius 2 is 1.96 bits per heavy atom. The SMILES string of the molecule is CCOC(=O)N1CCC(NC(N)=NCC2COC3(CCC(C)CC3)O2)CC1.I. The first kappa shape index (κ1) is 23.5. The van der Waals surface area contributed by atoms with Crippen molar-refractivity contribution in [1.29, 1.82) is 0 Å². The van der Waals surface area contributed by atoms with Crippen molar-refractivity contribution in [3.63, 3.8) is 0 Å². The second-order valence-electron chi connectivity index (χ2n) is 7.97. The highest BCUT2D eigenvalue weighted by molar-refractivity contribution is 14.0. The van der Waals surface area contributed by atoms with Crippen molar-refractivity contribution in [2.24, 2.45) is 16.6 Å². The number of nitrogens with two attached hydrogens (primary N) is 1.